The maximum absolute atomic E-state index is 14.5. The molecule has 2 aliphatic heterocycles. The number of carboxylic acid groups (broad SMARTS) is 1. The summed E-state index contributed by atoms with van der Waals surface area (Å²) in [7, 11) is -3.68. The molecule has 2 aromatic rings. The van der Waals surface area contributed by atoms with E-state index in [1.165, 1.54) is 21.7 Å². The van der Waals surface area contributed by atoms with Crippen LogP contribution in [0.2, 0.25) is 0 Å². The summed E-state index contributed by atoms with van der Waals surface area (Å²) in [5.41, 5.74) is -0.314. The molecule has 15 heteroatoms. The van der Waals surface area contributed by atoms with Gasteiger partial charge in [-0.25, -0.2) is 31.3 Å². The van der Waals surface area contributed by atoms with E-state index in [4.69, 9.17) is 4.74 Å². The summed E-state index contributed by atoms with van der Waals surface area (Å²) in [5, 5.41) is 15.0. The topological polar surface area (TPSA) is 138 Å². The van der Waals surface area contributed by atoms with Crippen LogP contribution in [0.5, 0.6) is 0 Å². The summed E-state index contributed by atoms with van der Waals surface area (Å²) in [6.07, 6.45) is 2.60. The lowest BCUT2D eigenvalue weighted by Crippen LogP contribution is -2.50. The van der Waals surface area contributed by atoms with E-state index in [-0.39, 0.29) is 53.3 Å². The number of esters is 1. The van der Waals surface area contributed by atoms with E-state index in [1.807, 2.05) is 0 Å². The summed E-state index contributed by atoms with van der Waals surface area (Å²) < 4.78 is 61.8. The van der Waals surface area contributed by atoms with Crippen molar-refractivity contribution in [2.24, 2.45) is 16.8 Å². The second kappa shape index (κ2) is 12.0. The third kappa shape index (κ3) is 6.40. The Bertz CT molecular complexity index is 1590. The number of ether oxygens (including phenoxy) is 1. The first-order valence-corrected chi connectivity index (χ1v) is 16.9. The third-order valence-corrected chi connectivity index (χ3v) is 11.7. The van der Waals surface area contributed by atoms with Gasteiger partial charge < -0.3 is 15.2 Å². The molecule has 2 N–H and O–H groups in total. The highest BCUT2D eigenvalue weighted by atomic mass is 79.9. The van der Waals surface area contributed by atoms with Gasteiger partial charge in [0.05, 0.1) is 21.2 Å². The van der Waals surface area contributed by atoms with Gasteiger partial charge in [-0.1, -0.05) is 6.07 Å². The molecule has 3 aliphatic rings. The zero-order valence-electron chi connectivity index (χ0n) is 23.6. The Morgan fingerprint density at radius 1 is 1.19 bits per heavy atom. The first kappa shape index (κ1) is 31.7. The summed E-state index contributed by atoms with van der Waals surface area (Å²) in [6.45, 7) is 5.60. The molecule has 0 amide bonds. The molecule has 1 unspecified atom stereocenters. The number of nitrogens with one attached hydrogen (secondary N) is 1. The van der Waals surface area contributed by atoms with Crippen LogP contribution >= 0.6 is 27.3 Å². The van der Waals surface area contributed by atoms with Crippen molar-refractivity contribution in [3.63, 3.8) is 0 Å². The first-order valence-electron chi connectivity index (χ1n) is 13.7. The second-order valence-corrected chi connectivity index (χ2v) is 15.7. The maximum atomic E-state index is 14.5. The molecule has 0 bridgehead atoms. The number of carbonyl (C=O) groups is 2. The largest absolute Gasteiger partial charge is 0.478 e. The van der Waals surface area contributed by atoms with E-state index in [9.17, 15) is 31.9 Å². The molecule has 0 radical (unpaired) electrons. The number of benzene rings is 1. The second-order valence-electron chi connectivity index (χ2n) is 11.8. The number of carbonyl (C=O) groups excluding carboxylic acids is 1. The SMILES string of the molecule is CC(C)(C)OC(=O)C1CC(S(=O)(=O)N2CCC(C3=C(C(=O)O)C(c4ccc(F)c(F)c4Br)N=C(c4nccs4)N3)CC2)C1. The smallest absolute Gasteiger partial charge is 0.335 e. The van der Waals surface area contributed by atoms with E-state index in [0.29, 0.717) is 23.5 Å². The van der Waals surface area contributed by atoms with Crippen molar-refractivity contribution in [3.8, 4) is 0 Å². The number of aromatic nitrogens is 1. The Morgan fingerprint density at radius 2 is 1.86 bits per heavy atom. The number of thiazole rings is 1. The van der Waals surface area contributed by atoms with Crippen LogP contribution in [0.1, 0.15) is 63.1 Å². The van der Waals surface area contributed by atoms with Crippen molar-refractivity contribution in [3.05, 3.63) is 61.7 Å². The maximum Gasteiger partial charge on any atom is 0.335 e. The molecule has 43 heavy (non-hydrogen) atoms. The Labute approximate surface area is 260 Å². The van der Waals surface area contributed by atoms with E-state index in [2.05, 4.69) is 31.2 Å². The zero-order chi connectivity index (χ0) is 31.3. The van der Waals surface area contributed by atoms with Crippen LogP contribution in [0.15, 0.2) is 44.4 Å². The van der Waals surface area contributed by atoms with Crippen molar-refractivity contribution in [1.29, 1.82) is 0 Å². The lowest BCUT2D eigenvalue weighted by atomic mass is 9.85. The van der Waals surface area contributed by atoms with E-state index in [1.54, 1.807) is 32.3 Å². The molecule has 3 heterocycles. The predicted molar refractivity (Wildman–Crippen MR) is 159 cm³/mol. The molecule has 10 nitrogen and oxygen atoms in total. The normalized spacial score (nSPS) is 23.8. The van der Waals surface area contributed by atoms with Crippen molar-refractivity contribution in [2.75, 3.05) is 13.1 Å². The minimum atomic E-state index is -3.68. The highest BCUT2D eigenvalue weighted by Crippen LogP contribution is 2.42. The standard InChI is InChI=1S/C28H31BrF2N4O6S2/c1-28(2,3)41-27(38)15-12-16(13-15)43(39,40)35-9-6-14(7-10-35)22-19(26(36)37)23(17-4-5-18(30)21(31)20(17)29)34-24(33-22)25-32-8-11-42-25/h4-5,8,11,14-16,23H,6-7,9-10,12-13H2,1-3H3,(H,33,34)(H,36,37). The summed E-state index contributed by atoms with van der Waals surface area (Å²) >= 11 is 4.35. The van der Waals surface area contributed by atoms with Crippen LogP contribution in [0, 0.1) is 23.5 Å². The van der Waals surface area contributed by atoms with E-state index >= 15 is 0 Å². The molecule has 5 rings (SSSR count). The number of allylic oxidation sites excluding steroid dienone is 1. The molecular weight excluding hydrogens is 670 g/mol. The van der Waals surface area contributed by atoms with Crippen LogP contribution < -0.4 is 5.32 Å². The average Bonchev–Trinajstić information content (AvgIpc) is 3.44. The van der Waals surface area contributed by atoms with Gasteiger partial charge in [0.2, 0.25) is 10.0 Å². The highest BCUT2D eigenvalue weighted by Gasteiger charge is 2.47. The van der Waals surface area contributed by atoms with Gasteiger partial charge in [-0.3, -0.25) is 9.79 Å². The van der Waals surface area contributed by atoms with Gasteiger partial charge >= 0.3 is 11.9 Å². The van der Waals surface area contributed by atoms with Gasteiger partial charge in [0.1, 0.15) is 11.6 Å². The summed E-state index contributed by atoms with van der Waals surface area (Å²) in [5.74, 6) is -4.48. The Morgan fingerprint density at radius 3 is 2.44 bits per heavy atom. The third-order valence-electron chi connectivity index (χ3n) is 7.78. The molecule has 1 aromatic carbocycles. The zero-order valence-corrected chi connectivity index (χ0v) is 26.9. The summed E-state index contributed by atoms with van der Waals surface area (Å²) in [6, 6.07) is 1.03. The van der Waals surface area contributed by atoms with Crippen LogP contribution in [0.25, 0.3) is 0 Å². The number of nitrogens with zero attached hydrogens (tertiary/aromatic N) is 3. The van der Waals surface area contributed by atoms with Crippen LogP contribution in [-0.2, 0) is 24.3 Å². The molecule has 232 valence electrons. The lowest BCUT2D eigenvalue weighted by Gasteiger charge is -2.40. The van der Waals surface area contributed by atoms with Gasteiger partial charge in [0.15, 0.2) is 22.5 Å². The minimum Gasteiger partial charge on any atom is -0.478 e. The quantitative estimate of drug-likeness (QED) is 0.311. The Balaban J connectivity index is 1.37. The number of aliphatic carboxylic acids is 1. The minimum absolute atomic E-state index is 0.132. The summed E-state index contributed by atoms with van der Waals surface area (Å²) in [4.78, 5) is 33.9. The molecule has 1 atom stereocenters. The molecule has 1 aliphatic carbocycles. The number of piperidine rings is 1. The number of halogens is 3. The van der Waals surface area contributed by atoms with Crippen LogP contribution in [0.4, 0.5) is 8.78 Å². The first-order chi connectivity index (χ1) is 20.2. The molecule has 1 aromatic heterocycles. The highest BCUT2D eigenvalue weighted by molar-refractivity contribution is 9.10. The van der Waals surface area contributed by atoms with Crippen LogP contribution in [-0.4, -0.2) is 64.5 Å². The van der Waals surface area contributed by atoms with Crippen molar-refractivity contribution in [2.45, 2.75) is 63.3 Å². The van der Waals surface area contributed by atoms with Gasteiger partial charge in [-0.15, -0.1) is 11.3 Å². The van der Waals surface area contributed by atoms with Gasteiger partial charge in [0, 0.05) is 36.3 Å². The van der Waals surface area contributed by atoms with E-state index < -0.39 is 56.4 Å². The van der Waals surface area contributed by atoms with Crippen molar-refractivity contribution < 1.29 is 36.6 Å². The van der Waals surface area contributed by atoms with Gasteiger partial charge in [0.25, 0.3) is 0 Å². The molecule has 1 saturated heterocycles. The number of rotatable bonds is 7. The molecular formula is C28H31BrF2N4O6S2. The molecule has 1 saturated carbocycles. The fraction of sp³-hybridized carbons (Fsp3) is 0.500. The molecule has 0 spiro atoms. The predicted octanol–water partition coefficient (Wildman–Crippen LogP) is 4.78. The fourth-order valence-corrected chi connectivity index (χ4v) is 8.76. The Hall–Kier alpha value is -2.75. The monoisotopic (exact) mass is 700 g/mol. The van der Waals surface area contributed by atoms with Crippen LogP contribution in [0.3, 0.4) is 0 Å². The average molecular weight is 702 g/mol. The van der Waals surface area contributed by atoms with E-state index in [0.717, 1.165) is 6.07 Å². The fourth-order valence-electron chi connectivity index (χ4n) is 5.54. The number of amidine groups is 1. The molecule has 2 fully saturated rings. The number of sulfonamides is 1. The number of carboxylic acids is 1. The Kier molecular flexibility index (Phi) is 8.82. The number of hydrogen-bond donors (Lipinski definition) is 2. The number of hydrogen-bond acceptors (Lipinski definition) is 9. The number of aliphatic imine (C=N–C) groups is 1. The van der Waals surface area contributed by atoms with Crippen molar-refractivity contribution in [1.82, 2.24) is 14.6 Å². The lowest BCUT2D eigenvalue weighted by molar-refractivity contribution is -0.162. The van der Waals surface area contributed by atoms with Gasteiger partial charge in [-0.05, 0) is 74.0 Å². The van der Waals surface area contributed by atoms with Crippen molar-refractivity contribution >= 4 is 55.1 Å². The van der Waals surface area contributed by atoms with Gasteiger partial charge in [-0.2, -0.15) is 0 Å².